The van der Waals surface area contributed by atoms with Crippen molar-refractivity contribution >= 4 is 5.78 Å². The van der Waals surface area contributed by atoms with Gasteiger partial charge in [-0.2, -0.15) is 9.78 Å². The van der Waals surface area contributed by atoms with Crippen molar-refractivity contribution < 1.29 is 14.6 Å². The fourth-order valence-electron chi connectivity index (χ4n) is 1.33. The van der Waals surface area contributed by atoms with Crippen LogP contribution in [0.5, 0.6) is 0 Å². The fraction of sp³-hybridized carbons (Fsp3) is 0.900. The van der Waals surface area contributed by atoms with Crippen molar-refractivity contribution in [3.8, 4) is 0 Å². The van der Waals surface area contributed by atoms with E-state index in [1.54, 1.807) is 0 Å². The van der Waals surface area contributed by atoms with Crippen molar-refractivity contribution in [1.29, 1.82) is 0 Å². The van der Waals surface area contributed by atoms with Crippen molar-refractivity contribution in [2.75, 3.05) is 0 Å². The maximum Gasteiger partial charge on any atom is 0.281 e. The molecule has 0 amide bonds. The topological polar surface area (TPSA) is 42.1 Å². The first-order valence-corrected chi connectivity index (χ1v) is 5.19. The molecule has 0 unspecified atom stereocenters. The molecule has 0 radical (unpaired) electrons. The van der Waals surface area contributed by atoms with Crippen LogP contribution in [0.4, 0.5) is 0 Å². The third-order valence-corrected chi connectivity index (χ3v) is 2.23. The molecule has 0 saturated carbocycles. The molecule has 0 aromatic rings. The molecule has 1 aliphatic heterocycles. The average molecular weight is 186 g/mol. The first-order chi connectivity index (χ1) is 6.34. The normalized spacial score (nSPS) is 16.1. The van der Waals surface area contributed by atoms with Crippen LogP contribution in [-0.2, 0) is 14.6 Å². The second-order valence-corrected chi connectivity index (χ2v) is 3.51. The molecular formula is C10H18O3. The molecule has 13 heavy (non-hydrogen) atoms. The van der Waals surface area contributed by atoms with E-state index in [-0.39, 0.29) is 5.78 Å². The molecule has 0 atom stereocenters. The summed E-state index contributed by atoms with van der Waals surface area (Å²) < 4.78 is 0. The Labute approximate surface area is 79.3 Å². The van der Waals surface area contributed by atoms with E-state index in [4.69, 9.17) is 0 Å². The molecule has 0 N–H and O–H groups in total. The summed E-state index contributed by atoms with van der Waals surface area (Å²) in [6.07, 6.45) is 7.33. The zero-order chi connectivity index (χ0) is 9.52. The van der Waals surface area contributed by atoms with Gasteiger partial charge in [-0.3, -0.25) is 4.79 Å². The lowest BCUT2D eigenvalue weighted by atomic mass is 10.1. The first-order valence-electron chi connectivity index (χ1n) is 5.19. The smallest absolute Gasteiger partial charge is 0.281 e. The summed E-state index contributed by atoms with van der Waals surface area (Å²) in [7, 11) is 0. The van der Waals surface area contributed by atoms with Crippen molar-refractivity contribution in [2.45, 2.75) is 58.2 Å². The molecule has 76 valence electrons. The molecule has 1 aliphatic rings. The second kappa shape index (κ2) is 6.11. The number of ketones is 1. The largest absolute Gasteiger partial charge is 0.294 e. The van der Waals surface area contributed by atoms with E-state index in [1.165, 1.54) is 25.7 Å². The summed E-state index contributed by atoms with van der Waals surface area (Å²) in [6, 6.07) is 0. The summed E-state index contributed by atoms with van der Waals surface area (Å²) >= 11 is 0. The zero-order valence-corrected chi connectivity index (χ0v) is 8.25. The molecular weight excluding hydrogens is 168 g/mol. The van der Waals surface area contributed by atoms with E-state index in [0.717, 1.165) is 12.8 Å². The maximum atomic E-state index is 11.0. The molecule has 1 heterocycles. The second-order valence-electron chi connectivity index (χ2n) is 3.51. The monoisotopic (exact) mass is 186 g/mol. The Morgan fingerprint density at radius 2 is 1.69 bits per heavy atom. The average Bonchev–Trinajstić information content (AvgIpc) is 2.93. The minimum absolute atomic E-state index is 0.0930. The van der Waals surface area contributed by atoms with Crippen LogP contribution in [0.25, 0.3) is 0 Å². The highest BCUT2D eigenvalue weighted by Crippen LogP contribution is 2.16. The zero-order valence-electron chi connectivity index (χ0n) is 8.25. The fourth-order valence-corrected chi connectivity index (χ4v) is 1.33. The van der Waals surface area contributed by atoms with Gasteiger partial charge < -0.3 is 0 Å². The van der Waals surface area contributed by atoms with Crippen LogP contribution in [0.3, 0.4) is 0 Å². The van der Waals surface area contributed by atoms with Crippen LogP contribution in [0.2, 0.25) is 0 Å². The number of carbonyl (C=O) groups excluding carboxylic acids is 1. The molecule has 1 rings (SSSR count). The Hall–Kier alpha value is -0.410. The SMILES string of the molecule is CCCCCCCCC(=O)C1OO1. The van der Waals surface area contributed by atoms with E-state index in [0.29, 0.717) is 6.42 Å². The van der Waals surface area contributed by atoms with Gasteiger partial charge in [0, 0.05) is 6.42 Å². The molecule has 0 spiro atoms. The van der Waals surface area contributed by atoms with Gasteiger partial charge in [-0.25, -0.2) is 0 Å². The summed E-state index contributed by atoms with van der Waals surface area (Å²) in [5, 5.41) is 0. The number of rotatable bonds is 8. The summed E-state index contributed by atoms with van der Waals surface area (Å²) in [4.78, 5) is 19.9. The Bertz CT molecular complexity index is 152. The first kappa shape index (κ1) is 10.7. The van der Waals surface area contributed by atoms with Crippen LogP contribution in [0.15, 0.2) is 0 Å². The third kappa shape index (κ3) is 5.01. The van der Waals surface area contributed by atoms with Crippen LogP contribution in [0, 0.1) is 0 Å². The summed E-state index contributed by atoms with van der Waals surface area (Å²) in [5.74, 6) is 0.0930. The molecule has 0 aromatic heterocycles. The van der Waals surface area contributed by atoms with E-state index in [1.807, 2.05) is 0 Å². The Balaban J connectivity index is 1.80. The van der Waals surface area contributed by atoms with Crippen LogP contribution < -0.4 is 0 Å². The molecule has 3 heteroatoms. The lowest BCUT2D eigenvalue weighted by Crippen LogP contribution is -2.05. The van der Waals surface area contributed by atoms with Gasteiger partial charge in [0.2, 0.25) is 0 Å². The van der Waals surface area contributed by atoms with Crippen LogP contribution >= 0.6 is 0 Å². The van der Waals surface area contributed by atoms with Gasteiger partial charge in [-0.1, -0.05) is 39.0 Å². The van der Waals surface area contributed by atoms with E-state index < -0.39 is 6.29 Å². The molecule has 1 saturated heterocycles. The standard InChI is InChI=1S/C10H18O3/c1-2-3-4-5-6-7-8-9(11)10-12-13-10/h10H,2-8H2,1H3. The Kier molecular flexibility index (Phi) is 5.01. The minimum Gasteiger partial charge on any atom is -0.294 e. The highest BCUT2D eigenvalue weighted by molar-refractivity contribution is 5.82. The van der Waals surface area contributed by atoms with Crippen molar-refractivity contribution in [3.63, 3.8) is 0 Å². The molecule has 3 nitrogen and oxygen atoms in total. The number of carbonyl (C=O) groups is 1. The van der Waals surface area contributed by atoms with Gasteiger partial charge in [0.05, 0.1) is 0 Å². The maximum absolute atomic E-state index is 11.0. The molecule has 0 bridgehead atoms. The van der Waals surface area contributed by atoms with Gasteiger partial charge in [0.1, 0.15) is 0 Å². The predicted octanol–water partition coefficient (Wildman–Crippen LogP) is 2.59. The van der Waals surface area contributed by atoms with E-state index in [2.05, 4.69) is 16.7 Å². The highest BCUT2D eigenvalue weighted by Gasteiger charge is 2.33. The number of Topliss-reactive ketones (excluding diaryl/α,β-unsaturated/α-hetero) is 1. The van der Waals surface area contributed by atoms with Crippen molar-refractivity contribution in [3.05, 3.63) is 0 Å². The summed E-state index contributed by atoms with van der Waals surface area (Å²) in [6.45, 7) is 2.20. The molecule has 0 aliphatic carbocycles. The Morgan fingerprint density at radius 3 is 2.31 bits per heavy atom. The highest BCUT2D eigenvalue weighted by atomic mass is 17.4. The van der Waals surface area contributed by atoms with Gasteiger partial charge in [0.15, 0.2) is 5.78 Å². The lowest BCUT2D eigenvalue weighted by Gasteiger charge is -1.97. The third-order valence-electron chi connectivity index (χ3n) is 2.23. The number of hydrogen-bond donors (Lipinski definition) is 0. The molecule has 1 fully saturated rings. The van der Waals surface area contributed by atoms with Gasteiger partial charge in [0.25, 0.3) is 6.29 Å². The lowest BCUT2D eigenvalue weighted by molar-refractivity contribution is -0.120. The van der Waals surface area contributed by atoms with E-state index >= 15 is 0 Å². The number of hydrogen-bond acceptors (Lipinski definition) is 3. The van der Waals surface area contributed by atoms with Gasteiger partial charge in [-0.05, 0) is 6.42 Å². The predicted molar refractivity (Wildman–Crippen MR) is 49.0 cm³/mol. The van der Waals surface area contributed by atoms with Crippen molar-refractivity contribution in [2.24, 2.45) is 0 Å². The summed E-state index contributed by atoms with van der Waals surface area (Å²) in [5.41, 5.74) is 0. The van der Waals surface area contributed by atoms with Crippen LogP contribution in [-0.4, -0.2) is 12.1 Å². The minimum atomic E-state index is -0.518. The quantitative estimate of drug-likeness (QED) is 0.332. The Morgan fingerprint density at radius 1 is 1.08 bits per heavy atom. The van der Waals surface area contributed by atoms with E-state index in [9.17, 15) is 4.79 Å². The van der Waals surface area contributed by atoms with Crippen LogP contribution in [0.1, 0.15) is 51.9 Å². The number of unbranched alkanes of at least 4 members (excludes halogenated alkanes) is 5. The van der Waals surface area contributed by atoms with Gasteiger partial charge >= 0.3 is 0 Å². The molecule has 0 aromatic carbocycles. The van der Waals surface area contributed by atoms with Gasteiger partial charge in [-0.15, -0.1) is 0 Å². The van der Waals surface area contributed by atoms with Crippen molar-refractivity contribution in [1.82, 2.24) is 0 Å².